The molecule has 5 nitrogen and oxygen atoms in total. The molecule has 0 atom stereocenters. The molecule has 7 heteroatoms. The van der Waals surface area contributed by atoms with Crippen LogP contribution in [0, 0.1) is 0 Å². The summed E-state index contributed by atoms with van der Waals surface area (Å²) in [6.07, 6.45) is 3.32. The number of phenolic OH excluding ortho intramolecular Hbond substituents is 1. The van der Waals surface area contributed by atoms with Gasteiger partial charge >= 0.3 is 0 Å². The van der Waals surface area contributed by atoms with Crippen LogP contribution in [0.15, 0.2) is 53.6 Å². The molecular weight excluding hydrogens is 348 g/mol. The number of aryl methyl sites for hydroxylation is 1. The Morgan fingerprint density at radius 2 is 1.88 bits per heavy atom. The molecule has 0 aliphatic rings. The Balaban J connectivity index is 1.60. The van der Waals surface area contributed by atoms with Gasteiger partial charge in [-0.05, 0) is 60.9 Å². The fourth-order valence-electron chi connectivity index (χ4n) is 2.55. The predicted molar refractivity (Wildman–Crippen MR) is 94.9 cm³/mol. The SMILES string of the molecule is O=S(=O)(NCCCc1c[nH]c2ccc(Cl)cc12)c1ccc(O)cc1. The zero-order valence-corrected chi connectivity index (χ0v) is 14.4. The minimum absolute atomic E-state index is 0.0342. The molecule has 0 aliphatic heterocycles. The van der Waals surface area contributed by atoms with Crippen molar-refractivity contribution in [3.8, 4) is 5.75 Å². The third-order valence-electron chi connectivity index (χ3n) is 3.79. The van der Waals surface area contributed by atoms with Gasteiger partial charge in [0.05, 0.1) is 4.90 Å². The van der Waals surface area contributed by atoms with Crippen LogP contribution >= 0.6 is 11.6 Å². The van der Waals surface area contributed by atoms with Gasteiger partial charge in [0, 0.05) is 28.7 Å². The molecular formula is C17H17ClN2O3S. The van der Waals surface area contributed by atoms with Gasteiger partial charge in [0.1, 0.15) is 5.75 Å². The third-order valence-corrected chi connectivity index (χ3v) is 5.50. The second-order valence-corrected chi connectivity index (χ2v) is 7.70. The molecule has 3 aromatic rings. The zero-order valence-electron chi connectivity index (χ0n) is 12.8. The number of fused-ring (bicyclic) bond motifs is 1. The van der Waals surface area contributed by atoms with E-state index in [1.807, 2.05) is 24.4 Å². The molecule has 0 saturated carbocycles. The van der Waals surface area contributed by atoms with E-state index in [0.717, 1.165) is 22.9 Å². The van der Waals surface area contributed by atoms with Crippen molar-refractivity contribution in [2.75, 3.05) is 6.54 Å². The van der Waals surface area contributed by atoms with Crippen molar-refractivity contribution >= 4 is 32.5 Å². The van der Waals surface area contributed by atoms with E-state index in [4.69, 9.17) is 11.6 Å². The Bertz CT molecular complexity index is 950. The van der Waals surface area contributed by atoms with Gasteiger partial charge in [0.25, 0.3) is 0 Å². The Labute approximate surface area is 145 Å². The minimum atomic E-state index is -3.56. The van der Waals surface area contributed by atoms with E-state index in [-0.39, 0.29) is 10.6 Å². The summed E-state index contributed by atoms with van der Waals surface area (Å²) in [5.41, 5.74) is 2.12. The lowest BCUT2D eigenvalue weighted by Gasteiger charge is -2.06. The number of aromatic amines is 1. The molecule has 0 radical (unpaired) electrons. The van der Waals surface area contributed by atoms with E-state index in [2.05, 4.69) is 9.71 Å². The molecule has 0 bridgehead atoms. The maximum Gasteiger partial charge on any atom is 0.240 e. The molecule has 2 aromatic carbocycles. The quantitative estimate of drug-likeness (QED) is 0.586. The molecule has 0 unspecified atom stereocenters. The molecule has 1 aromatic heterocycles. The molecule has 3 N–H and O–H groups in total. The lowest BCUT2D eigenvalue weighted by molar-refractivity contribution is 0.474. The first-order valence-corrected chi connectivity index (χ1v) is 9.36. The summed E-state index contributed by atoms with van der Waals surface area (Å²) in [4.78, 5) is 3.32. The lowest BCUT2D eigenvalue weighted by atomic mass is 10.1. The fraction of sp³-hybridized carbons (Fsp3) is 0.176. The largest absolute Gasteiger partial charge is 0.508 e. The van der Waals surface area contributed by atoms with Crippen molar-refractivity contribution < 1.29 is 13.5 Å². The maximum absolute atomic E-state index is 12.1. The van der Waals surface area contributed by atoms with Crippen molar-refractivity contribution in [1.82, 2.24) is 9.71 Å². The summed E-state index contributed by atoms with van der Waals surface area (Å²) in [7, 11) is -3.56. The summed E-state index contributed by atoms with van der Waals surface area (Å²) < 4.78 is 26.9. The molecule has 24 heavy (non-hydrogen) atoms. The summed E-state index contributed by atoms with van der Waals surface area (Å²) in [5.74, 6) is 0.0342. The Hall–Kier alpha value is -2.02. The van der Waals surface area contributed by atoms with Crippen LogP contribution in [0.3, 0.4) is 0 Å². The number of hydrogen-bond donors (Lipinski definition) is 3. The first kappa shape index (κ1) is 16.8. The highest BCUT2D eigenvalue weighted by Crippen LogP contribution is 2.23. The fourth-order valence-corrected chi connectivity index (χ4v) is 3.80. The van der Waals surface area contributed by atoms with Gasteiger partial charge in [-0.15, -0.1) is 0 Å². The van der Waals surface area contributed by atoms with Gasteiger partial charge in [-0.3, -0.25) is 0 Å². The molecule has 3 rings (SSSR count). The van der Waals surface area contributed by atoms with Crippen LogP contribution < -0.4 is 4.72 Å². The van der Waals surface area contributed by atoms with Gasteiger partial charge < -0.3 is 10.1 Å². The highest BCUT2D eigenvalue weighted by Gasteiger charge is 2.13. The third kappa shape index (κ3) is 3.72. The second kappa shape index (κ2) is 6.84. The number of benzene rings is 2. The van der Waals surface area contributed by atoms with Gasteiger partial charge in [-0.25, -0.2) is 13.1 Å². The van der Waals surface area contributed by atoms with Crippen LogP contribution in [-0.4, -0.2) is 25.1 Å². The monoisotopic (exact) mass is 364 g/mol. The summed E-state index contributed by atoms with van der Waals surface area (Å²) >= 11 is 6.02. The second-order valence-electron chi connectivity index (χ2n) is 5.50. The summed E-state index contributed by atoms with van der Waals surface area (Å²) in [5, 5.41) is 11.0. The average Bonchev–Trinajstić information content (AvgIpc) is 2.94. The number of rotatable bonds is 6. The van der Waals surface area contributed by atoms with E-state index in [0.29, 0.717) is 18.0 Å². The number of nitrogens with one attached hydrogen (secondary N) is 2. The number of hydrogen-bond acceptors (Lipinski definition) is 3. The van der Waals surface area contributed by atoms with E-state index >= 15 is 0 Å². The number of halogens is 1. The molecule has 126 valence electrons. The van der Waals surface area contributed by atoms with Crippen LogP contribution in [-0.2, 0) is 16.4 Å². The highest BCUT2D eigenvalue weighted by molar-refractivity contribution is 7.89. The standard InChI is InChI=1S/C17H17ClN2O3S/c18-13-3-8-17-16(10-13)12(11-19-17)2-1-9-20-24(22,23)15-6-4-14(21)5-7-15/h3-8,10-11,19-21H,1-2,9H2. The van der Waals surface area contributed by atoms with E-state index < -0.39 is 10.0 Å². The topological polar surface area (TPSA) is 82.2 Å². The van der Waals surface area contributed by atoms with Crippen molar-refractivity contribution in [2.45, 2.75) is 17.7 Å². The van der Waals surface area contributed by atoms with Crippen LogP contribution in [0.1, 0.15) is 12.0 Å². The Morgan fingerprint density at radius 1 is 1.12 bits per heavy atom. The number of sulfonamides is 1. The van der Waals surface area contributed by atoms with Crippen molar-refractivity contribution in [1.29, 1.82) is 0 Å². The number of aromatic hydroxyl groups is 1. The first-order chi connectivity index (χ1) is 11.5. The summed E-state index contributed by atoms with van der Waals surface area (Å²) in [6, 6.07) is 11.1. The summed E-state index contributed by atoms with van der Waals surface area (Å²) in [6.45, 7) is 0.330. The molecule has 0 saturated heterocycles. The van der Waals surface area contributed by atoms with Gasteiger partial charge in [0.2, 0.25) is 10.0 Å². The number of aromatic nitrogens is 1. The van der Waals surface area contributed by atoms with Gasteiger partial charge in [-0.1, -0.05) is 11.6 Å². The van der Waals surface area contributed by atoms with Crippen LogP contribution in [0.4, 0.5) is 0 Å². The lowest BCUT2D eigenvalue weighted by Crippen LogP contribution is -2.25. The first-order valence-electron chi connectivity index (χ1n) is 7.50. The van der Waals surface area contributed by atoms with E-state index in [1.54, 1.807) is 0 Å². The van der Waals surface area contributed by atoms with E-state index in [9.17, 15) is 13.5 Å². The molecule has 0 amide bonds. The zero-order chi connectivity index (χ0) is 17.2. The number of phenols is 1. The molecule has 0 aliphatic carbocycles. The van der Waals surface area contributed by atoms with Crippen LogP contribution in [0.25, 0.3) is 10.9 Å². The van der Waals surface area contributed by atoms with Crippen LogP contribution in [0.2, 0.25) is 5.02 Å². The number of H-pyrrole nitrogens is 1. The van der Waals surface area contributed by atoms with Crippen LogP contribution in [0.5, 0.6) is 5.75 Å². The molecule has 1 heterocycles. The molecule has 0 spiro atoms. The maximum atomic E-state index is 12.1. The van der Waals surface area contributed by atoms with E-state index in [1.165, 1.54) is 24.3 Å². The van der Waals surface area contributed by atoms with Gasteiger partial charge in [-0.2, -0.15) is 0 Å². The average molecular weight is 365 g/mol. The predicted octanol–water partition coefficient (Wildman–Crippen LogP) is 3.44. The van der Waals surface area contributed by atoms with Gasteiger partial charge in [0.15, 0.2) is 0 Å². The van der Waals surface area contributed by atoms with Crippen molar-refractivity contribution in [3.05, 3.63) is 59.2 Å². The van der Waals surface area contributed by atoms with Crippen molar-refractivity contribution in [2.24, 2.45) is 0 Å². The Morgan fingerprint density at radius 3 is 2.62 bits per heavy atom. The Kier molecular flexibility index (Phi) is 4.80. The van der Waals surface area contributed by atoms with Crippen molar-refractivity contribution in [3.63, 3.8) is 0 Å². The molecule has 0 fully saturated rings. The smallest absolute Gasteiger partial charge is 0.240 e. The highest BCUT2D eigenvalue weighted by atomic mass is 35.5. The normalized spacial score (nSPS) is 11.9. The minimum Gasteiger partial charge on any atom is -0.508 e.